The Balaban J connectivity index is 1.67. The number of benzene rings is 2. The van der Waals surface area contributed by atoms with E-state index in [1.165, 1.54) is 28.6 Å². The number of hydrogen-bond donors (Lipinski definition) is 1. The third kappa shape index (κ3) is 5.50. The molecule has 2 aromatic heterocycles. The van der Waals surface area contributed by atoms with Gasteiger partial charge in [-0.05, 0) is 62.4 Å². The third-order valence-electron chi connectivity index (χ3n) is 4.53. The Bertz CT molecular complexity index is 1310. The molecule has 7 nitrogen and oxygen atoms in total. The summed E-state index contributed by atoms with van der Waals surface area (Å²) in [6, 6.07) is 12.4. The van der Waals surface area contributed by atoms with Crippen LogP contribution in [0, 0.1) is 19.7 Å². The average Bonchev–Trinajstić information content (AvgIpc) is 3.19. The lowest BCUT2D eigenvalue weighted by atomic mass is 10.2. The summed E-state index contributed by atoms with van der Waals surface area (Å²) in [6.45, 7) is 3.78. The van der Waals surface area contributed by atoms with Crippen LogP contribution in [-0.4, -0.2) is 30.9 Å². The highest BCUT2D eigenvalue weighted by Crippen LogP contribution is 2.27. The molecule has 0 saturated heterocycles. The second kappa shape index (κ2) is 9.86. The number of nitrogens with one attached hydrogen (secondary N) is 1. The maximum absolute atomic E-state index is 13.4. The van der Waals surface area contributed by atoms with Crippen LogP contribution >= 0.6 is 35.0 Å². The van der Waals surface area contributed by atoms with E-state index in [9.17, 15) is 9.18 Å². The molecule has 2 aromatic carbocycles. The van der Waals surface area contributed by atoms with Crippen LogP contribution in [0.25, 0.3) is 5.69 Å². The van der Waals surface area contributed by atoms with Crippen LogP contribution in [0.1, 0.15) is 27.6 Å². The maximum atomic E-state index is 13.4. The van der Waals surface area contributed by atoms with Gasteiger partial charge in [0.05, 0.1) is 21.4 Å². The number of nitrogens with zero attached hydrogens (tertiary/aromatic N) is 5. The molecule has 0 fully saturated rings. The lowest BCUT2D eigenvalue weighted by Gasteiger charge is -2.09. The molecule has 168 valence electrons. The van der Waals surface area contributed by atoms with Gasteiger partial charge in [0, 0.05) is 22.8 Å². The van der Waals surface area contributed by atoms with Crippen molar-refractivity contribution in [2.75, 3.05) is 5.32 Å². The fourth-order valence-electron chi connectivity index (χ4n) is 3.05. The van der Waals surface area contributed by atoms with E-state index in [-0.39, 0.29) is 11.5 Å². The molecule has 0 spiro atoms. The smallest absolute Gasteiger partial charge is 0.278 e. The Labute approximate surface area is 203 Å². The molecule has 0 atom stereocenters. The minimum Gasteiger partial charge on any atom is -0.320 e. The van der Waals surface area contributed by atoms with E-state index in [1.807, 2.05) is 19.9 Å². The van der Waals surface area contributed by atoms with Crippen molar-refractivity contribution in [2.45, 2.75) is 24.8 Å². The topological polar surface area (TPSA) is 85.6 Å². The number of aryl methyl sites for hydroxylation is 2. The SMILES string of the molecule is Cc1cc(C)nc(SCc2c(C(=O)Nc3ccc(Cl)c(Cl)c3)nnn2-c2ccc(F)cc2)n1. The van der Waals surface area contributed by atoms with E-state index >= 15 is 0 Å². The first-order valence-corrected chi connectivity index (χ1v) is 11.5. The Morgan fingerprint density at radius 3 is 2.39 bits per heavy atom. The first-order valence-electron chi connectivity index (χ1n) is 9.72. The lowest BCUT2D eigenvalue weighted by molar-refractivity contribution is 0.102. The molecule has 0 aliphatic heterocycles. The van der Waals surface area contributed by atoms with Crippen LogP contribution < -0.4 is 5.32 Å². The van der Waals surface area contributed by atoms with Crippen molar-refractivity contribution < 1.29 is 9.18 Å². The van der Waals surface area contributed by atoms with Gasteiger partial charge in [0.15, 0.2) is 10.9 Å². The van der Waals surface area contributed by atoms with Crippen LogP contribution in [0.2, 0.25) is 10.0 Å². The Morgan fingerprint density at radius 2 is 1.73 bits per heavy atom. The Hall–Kier alpha value is -3.01. The highest BCUT2D eigenvalue weighted by molar-refractivity contribution is 7.98. The number of carbonyl (C=O) groups excluding carboxylic acids is 1. The van der Waals surface area contributed by atoms with Crippen molar-refractivity contribution in [3.05, 3.63) is 87.2 Å². The highest BCUT2D eigenvalue weighted by Gasteiger charge is 2.22. The number of thioether (sulfide) groups is 1. The van der Waals surface area contributed by atoms with E-state index in [0.717, 1.165) is 11.4 Å². The first-order chi connectivity index (χ1) is 15.8. The average molecular weight is 503 g/mol. The van der Waals surface area contributed by atoms with E-state index in [2.05, 4.69) is 25.6 Å². The zero-order valence-electron chi connectivity index (χ0n) is 17.5. The van der Waals surface area contributed by atoms with Gasteiger partial charge in [-0.15, -0.1) is 5.10 Å². The molecule has 33 heavy (non-hydrogen) atoms. The van der Waals surface area contributed by atoms with Crippen LogP contribution in [-0.2, 0) is 5.75 Å². The molecule has 1 N–H and O–H groups in total. The van der Waals surface area contributed by atoms with Crippen LogP contribution in [0.4, 0.5) is 10.1 Å². The molecular weight excluding hydrogens is 486 g/mol. The van der Waals surface area contributed by atoms with Crippen molar-refractivity contribution in [2.24, 2.45) is 0 Å². The van der Waals surface area contributed by atoms with Crippen molar-refractivity contribution in [3.63, 3.8) is 0 Å². The van der Waals surface area contributed by atoms with Gasteiger partial charge in [0.1, 0.15) is 5.82 Å². The highest BCUT2D eigenvalue weighted by atomic mass is 35.5. The summed E-state index contributed by atoms with van der Waals surface area (Å²) in [5.41, 5.74) is 3.33. The van der Waals surface area contributed by atoms with Gasteiger partial charge in [-0.1, -0.05) is 40.2 Å². The molecule has 0 saturated carbocycles. The number of halogens is 3. The van der Waals surface area contributed by atoms with Gasteiger partial charge >= 0.3 is 0 Å². The molecule has 0 bridgehead atoms. The summed E-state index contributed by atoms with van der Waals surface area (Å²) in [7, 11) is 0. The standard InChI is InChI=1S/C22H17Cl2FN6OS/c1-12-9-13(2)27-22(26-12)33-11-19-20(21(32)28-15-5-8-17(23)18(24)10-15)29-30-31(19)16-6-3-14(25)4-7-16/h3-10H,11H2,1-2H3,(H,28,32). The van der Waals surface area contributed by atoms with Crippen LogP contribution in [0.15, 0.2) is 53.7 Å². The van der Waals surface area contributed by atoms with Gasteiger partial charge in [0.25, 0.3) is 5.91 Å². The number of amides is 1. The van der Waals surface area contributed by atoms with Gasteiger partial charge in [0.2, 0.25) is 0 Å². The third-order valence-corrected chi connectivity index (χ3v) is 6.12. The number of anilines is 1. The van der Waals surface area contributed by atoms with Crippen molar-refractivity contribution in [1.82, 2.24) is 25.0 Å². The summed E-state index contributed by atoms with van der Waals surface area (Å²) in [6.07, 6.45) is 0. The summed E-state index contributed by atoms with van der Waals surface area (Å²) in [5, 5.41) is 12.2. The van der Waals surface area contributed by atoms with E-state index in [1.54, 1.807) is 30.3 Å². The van der Waals surface area contributed by atoms with Crippen LogP contribution in [0.5, 0.6) is 0 Å². The molecule has 0 radical (unpaired) electrons. The predicted molar refractivity (Wildman–Crippen MR) is 127 cm³/mol. The molecule has 0 unspecified atom stereocenters. The second-order valence-corrected chi connectivity index (χ2v) is 8.83. The first kappa shape index (κ1) is 23.2. The predicted octanol–water partition coefficient (Wildman–Crippen LogP) is 5.66. The number of carbonyl (C=O) groups is 1. The van der Waals surface area contributed by atoms with Gasteiger partial charge in [-0.2, -0.15) is 0 Å². The second-order valence-electron chi connectivity index (χ2n) is 7.08. The number of rotatable bonds is 6. The van der Waals surface area contributed by atoms with Crippen LogP contribution in [0.3, 0.4) is 0 Å². The fourth-order valence-corrected chi connectivity index (χ4v) is 4.29. The monoisotopic (exact) mass is 502 g/mol. The molecule has 0 aliphatic rings. The summed E-state index contributed by atoms with van der Waals surface area (Å²) < 4.78 is 14.9. The van der Waals surface area contributed by atoms with Crippen molar-refractivity contribution >= 4 is 46.6 Å². The molecule has 4 rings (SSSR count). The lowest BCUT2D eigenvalue weighted by Crippen LogP contribution is -2.15. The normalized spacial score (nSPS) is 10.9. The van der Waals surface area contributed by atoms with Crippen molar-refractivity contribution in [1.29, 1.82) is 0 Å². The molecule has 0 aliphatic carbocycles. The van der Waals surface area contributed by atoms with E-state index in [0.29, 0.717) is 38.0 Å². The molecule has 4 aromatic rings. The Kier molecular flexibility index (Phi) is 6.92. The van der Waals surface area contributed by atoms with Gasteiger partial charge in [-0.3, -0.25) is 4.79 Å². The molecule has 11 heteroatoms. The van der Waals surface area contributed by atoms with Gasteiger partial charge in [-0.25, -0.2) is 19.0 Å². The fraction of sp³-hybridized carbons (Fsp3) is 0.136. The minimum absolute atomic E-state index is 0.113. The molecule has 1 amide bonds. The summed E-state index contributed by atoms with van der Waals surface area (Å²) in [5.74, 6) is -0.549. The largest absolute Gasteiger partial charge is 0.320 e. The summed E-state index contributed by atoms with van der Waals surface area (Å²) in [4.78, 5) is 21.9. The maximum Gasteiger partial charge on any atom is 0.278 e. The number of aromatic nitrogens is 5. The van der Waals surface area contributed by atoms with Gasteiger partial charge < -0.3 is 5.32 Å². The van der Waals surface area contributed by atoms with E-state index < -0.39 is 5.91 Å². The zero-order chi connectivity index (χ0) is 23.5. The van der Waals surface area contributed by atoms with E-state index in [4.69, 9.17) is 23.2 Å². The molecular formula is C22H17Cl2FN6OS. The number of hydrogen-bond acceptors (Lipinski definition) is 6. The summed E-state index contributed by atoms with van der Waals surface area (Å²) >= 11 is 13.3. The van der Waals surface area contributed by atoms with Crippen molar-refractivity contribution in [3.8, 4) is 5.69 Å². The minimum atomic E-state index is -0.473. The zero-order valence-corrected chi connectivity index (χ0v) is 19.8. The Morgan fingerprint density at radius 1 is 1.03 bits per heavy atom. The molecule has 2 heterocycles. The quantitative estimate of drug-likeness (QED) is 0.270.